The summed E-state index contributed by atoms with van der Waals surface area (Å²) in [6.45, 7) is 4.67. The van der Waals surface area contributed by atoms with E-state index in [2.05, 4.69) is 19.2 Å². The first-order valence-electron chi connectivity index (χ1n) is 5.71. The lowest BCUT2D eigenvalue weighted by molar-refractivity contribution is -0.139. The molecule has 0 heterocycles. The third-order valence-electron chi connectivity index (χ3n) is 3.04. The third-order valence-corrected chi connectivity index (χ3v) is 4.63. The topological polar surface area (TPSA) is 92.4 Å². The lowest BCUT2D eigenvalue weighted by Gasteiger charge is -2.30. The van der Waals surface area contributed by atoms with Crippen molar-refractivity contribution in [2.45, 2.75) is 43.9 Å². The van der Waals surface area contributed by atoms with Gasteiger partial charge in [0.1, 0.15) is 0 Å². The number of carboxylic acid groups (broad SMARTS) is 1. The lowest BCUT2D eigenvalue weighted by Crippen LogP contribution is -2.47. The Hall–Kier alpha value is -0.750. The molecule has 4 N–H and O–H groups in total. The molecule has 0 saturated carbocycles. The van der Waals surface area contributed by atoms with Crippen molar-refractivity contribution in [1.29, 1.82) is 0 Å². The van der Waals surface area contributed by atoms with Gasteiger partial charge in [-0.2, -0.15) is 11.8 Å². The van der Waals surface area contributed by atoms with Crippen LogP contribution in [0.3, 0.4) is 0 Å². The minimum absolute atomic E-state index is 0.0125. The summed E-state index contributed by atoms with van der Waals surface area (Å²) in [5.74, 6) is -1.46. The van der Waals surface area contributed by atoms with Crippen molar-refractivity contribution >= 4 is 23.6 Å². The van der Waals surface area contributed by atoms with E-state index in [1.165, 1.54) is 0 Å². The predicted octanol–water partition coefficient (Wildman–Crippen LogP) is 0.826. The monoisotopic (exact) mass is 262 g/mol. The molecule has 0 fully saturated rings. The van der Waals surface area contributed by atoms with Crippen LogP contribution < -0.4 is 11.1 Å². The Morgan fingerprint density at radius 2 is 1.94 bits per heavy atom. The molecule has 0 aliphatic heterocycles. The second kappa shape index (κ2) is 7.55. The smallest absolute Gasteiger partial charge is 0.305 e. The van der Waals surface area contributed by atoms with E-state index in [9.17, 15) is 9.59 Å². The number of rotatable bonds is 8. The molecule has 1 unspecified atom stereocenters. The van der Waals surface area contributed by atoms with Crippen LogP contribution in [0.4, 0.5) is 0 Å². The average Bonchev–Trinajstić information content (AvgIpc) is 2.30. The number of thioether (sulfide) groups is 1. The highest BCUT2D eigenvalue weighted by molar-refractivity contribution is 8.00. The van der Waals surface area contributed by atoms with Gasteiger partial charge in [-0.3, -0.25) is 9.59 Å². The van der Waals surface area contributed by atoms with Crippen molar-refractivity contribution in [3.05, 3.63) is 0 Å². The van der Waals surface area contributed by atoms with Crippen LogP contribution in [0.2, 0.25) is 0 Å². The van der Waals surface area contributed by atoms with Crippen molar-refractivity contribution in [3.63, 3.8) is 0 Å². The number of carbonyl (C=O) groups is 2. The quantitative estimate of drug-likeness (QED) is 0.602. The molecule has 5 nitrogen and oxygen atoms in total. The average molecular weight is 262 g/mol. The van der Waals surface area contributed by atoms with Gasteiger partial charge in [-0.25, -0.2) is 0 Å². The van der Waals surface area contributed by atoms with Gasteiger partial charge in [0.2, 0.25) is 5.91 Å². The predicted molar refractivity (Wildman–Crippen MR) is 70.1 cm³/mol. The molecule has 0 aromatic rings. The van der Waals surface area contributed by atoms with Gasteiger partial charge in [0.25, 0.3) is 0 Å². The van der Waals surface area contributed by atoms with Crippen LogP contribution in [0.15, 0.2) is 0 Å². The summed E-state index contributed by atoms with van der Waals surface area (Å²) in [7, 11) is 0. The van der Waals surface area contributed by atoms with Crippen molar-refractivity contribution < 1.29 is 14.7 Å². The first kappa shape index (κ1) is 16.2. The molecule has 0 aromatic carbocycles. The van der Waals surface area contributed by atoms with Gasteiger partial charge in [0.15, 0.2) is 0 Å². The largest absolute Gasteiger partial charge is 0.481 e. The van der Waals surface area contributed by atoms with Crippen LogP contribution in [-0.2, 0) is 9.59 Å². The maximum atomic E-state index is 11.6. The molecular weight excluding hydrogens is 240 g/mol. The van der Waals surface area contributed by atoms with E-state index < -0.39 is 17.9 Å². The summed E-state index contributed by atoms with van der Waals surface area (Å²) in [5, 5.41) is 11.3. The van der Waals surface area contributed by atoms with Crippen LogP contribution in [0.1, 0.15) is 33.1 Å². The maximum Gasteiger partial charge on any atom is 0.305 e. The summed E-state index contributed by atoms with van der Waals surface area (Å²) in [6.07, 6.45) is 3.56. The van der Waals surface area contributed by atoms with E-state index in [0.717, 1.165) is 12.8 Å². The Balaban J connectivity index is 4.26. The van der Waals surface area contributed by atoms with Crippen molar-refractivity contribution in [1.82, 2.24) is 5.32 Å². The number of nitrogens with two attached hydrogens (primary N) is 1. The SMILES string of the molecule is CCC(CC)(CNC(=O)C(N)CC(=O)O)SC. The number of nitrogens with one attached hydrogen (secondary N) is 1. The molecule has 17 heavy (non-hydrogen) atoms. The standard InChI is InChI=1S/C11H22N2O3S/c1-4-11(5-2,17-3)7-13-10(16)8(12)6-9(14)15/h8H,4-7,12H2,1-3H3,(H,13,16)(H,14,15). The zero-order valence-corrected chi connectivity index (χ0v) is 11.5. The Morgan fingerprint density at radius 3 is 2.29 bits per heavy atom. The Morgan fingerprint density at radius 1 is 1.41 bits per heavy atom. The summed E-state index contributed by atoms with van der Waals surface area (Å²) < 4.78 is 0.0125. The summed E-state index contributed by atoms with van der Waals surface area (Å²) in [5.41, 5.74) is 5.47. The van der Waals surface area contributed by atoms with Gasteiger partial charge in [-0.1, -0.05) is 13.8 Å². The molecule has 0 aliphatic carbocycles. The molecule has 0 aliphatic rings. The zero-order valence-electron chi connectivity index (χ0n) is 10.7. The fraction of sp³-hybridized carbons (Fsp3) is 0.818. The Bertz CT molecular complexity index is 259. The van der Waals surface area contributed by atoms with Crippen molar-refractivity contribution in [2.75, 3.05) is 12.8 Å². The van der Waals surface area contributed by atoms with E-state index in [1.54, 1.807) is 11.8 Å². The maximum absolute atomic E-state index is 11.6. The Kier molecular flexibility index (Phi) is 7.22. The van der Waals surface area contributed by atoms with E-state index in [0.29, 0.717) is 6.54 Å². The van der Waals surface area contributed by atoms with Crippen LogP contribution in [-0.4, -0.2) is 40.6 Å². The summed E-state index contributed by atoms with van der Waals surface area (Å²) >= 11 is 1.71. The van der Waals surface area contributed by atoms with Gasteiger partial charge in [-0.05, 0) is 19.1 Å². The van der Waals surface area contributed by atoms with Gasteiger partial charge >= 0.3 is 5.97 Å². The highest BCUT2D eigenvalue weighted by atomic mass is 32.2. The Labute approximate surface area is 107 Å². The van der Waals surface area contributed by atoms with E-state index in [4.69, 9.17) is 10.8 Å². The van der Waals surface area contributed by atoms with Gasteiger partial charge < -0.3 is 16.2 Å². The molecule has 1 amide bonds. The molecule has 0 bridgehead atoms. The number of aliphatic carboxylic acids is 1. The molecule has 0 spiro atoms. The minimum atomic E-state index is -1.06. The van der Waals surface area contributed by atoms with Gasteiger partial charge in [-0.15, -0.1) is 0 Å². The van der Waals surface area contributed by atoms with E-state index in [1.807, 2.05) is 6.26 Å². The highest BCUT2D eigenvalue weighted by Crippen LogP contribution is 2.29. The number of amides is 1. The molecule has 6 heteroatoms. The molecule has 100 valence electrons. The summed E-state index contributed by atoms with van der Waals surface area (Å²) in [6, 6.07) is -0.972. The first-order valence-corrected chi connectivity index (χ1v) is 6.93. The van der Waals surface area contributed by atoms with Crippen LogP contribution in [0, 0.1) is 0 Å². The normalized spacial score (nSPS) is 13.2. The number of carboxylic acids is 1. The first-order chi connectivity index (χ1) is 7.90. The minimum Gasteiger partial charge on any atom is -0.481 e. The fourth-order valence-corrected chi connectivity index (χ4v) is 2.31. The van der Waals surface area contributed by atoms with E-state index >= 15 is 0 Å². The third kappa shape index (κ3) is 5.41. The van der Waals surface area contributed by atoms with Crippen LogP contribution in [0.5, 0.6) is 0 Å². The number of hydrogen-bond donors (Lipinski definition) is 3. The zero-order chi connectivity index (χ0) is 13.5. The van der Waals surface area contributed by atoms with Crippen molar-refractivity contribution in [2.24, 2.45) is 5.73 Å². The van der Waals surface area contributed by atoms with Crippen molar-refractivity contribution in [3.8, 4) is 0 Å². The number of carbonyl (C=O) groups excluding carboxylic acids is 1. The molecule has 0 rings (SSSR count). The molecule has 0 saturated heterocycles. The molecule has 0 aromatic heterocycles. The second-order valence-corrected chi connectivity index (χ2v) is 5.29. The van der Waals surface area contributed by atoms with Gasteiger partial charge in [0.05, 0.1) is 12.5 Å². The fourth-order valence-electron chi connectivity index (χ4n) is 1.52. The van der Waals surface area contributed by atoms with E-state index in [-0.39, 0.29) is 11.2 Å². The highest BCUT2D eigenvalue weighted by Gasteiger charge is 2.26. The lowest BCUT2D eigenvalue weighted by atomic mass is 10.0. The molecule has 0 radical (unpaired) electrons. The number of hydrogen-bond acceptors (Lipinski definition) is 4. The second-order valence-electron chi connectivity index (χ2n) is 4.02. The molecular formula is C11H22N2O3S. The van der Waals surface area contributed by atoms with Crippen LogP contribution >= 0.6 is 11.8 Å². The summed E-state index contributed by atoms with van der Waals surface area (Å²) in [4.78, 5) is 22.0. The molecule has 1 atom stereocenters. The van der Waals surface area contributed by atoms with Crippen LogP contribution in [0.25, 0.3) is 0 Å². The van der Waals surface area contributed by atoms with Gasteiger partial charge in [0, 0.05) is 11.3 Å².